The summed E-state index contributed by atoms with van der Waals surface area (Å²) in [6.45, 7) is 0. The van der Waals surface area contributed by atoms with Crippen molar-refractivity contribution in [3.8, 4) is 29.3 Å². The fourth-order valence-electron chi connectivity index (χ4n) is 8.92. The van der Waals surface area contributed by atoms with E-state index in [1.807, 2.05) is 0 Å². The van der Waals surface area contributed by atoms with Crippen LogP contribution in [0.4, 0.5) is 30.2 Å². The number of thiazole rings is 6. The van der Waals surface area contributed by atoms with E-state index < -0.39 is 102 Å². The Hall–Kier alpha value is -5.88. The summed E-state index contributed by atoms with van der Waals surface area (Å²) >= 11 is 25.7. The lowest BCUT2D eigenvalue weighted by Gasteiger charge is -2.35. The predicted octanol–water partition coefficient (Wildman–Crippen LogP) is 10.5. The van der Waals surface area contributed by atoms with Crippen molar-refractivity contribution in [2.24, 2.45) is 0 Å². The third-order valence-electron chi connectivity index (χ3n) is 13.7. The molecule has 0 spiro atoms. The molecule has 9 heterocycles. The molecule has 482 valence electrons. The summed E-state index contributed by atoms with van der Waals surface area (Å²) < 4.78 is 126. The second-order valence-corrected chi connectivity index (χ2v) is 31.8. The van der Waals surface area contributed by atoms with Crippen molar-refractivity contribution in [2.45, 2.75) is 62.9 Å². The summed E-state index contributed by atoms with van der Waals surface area (Å²) in [4.78, 5) is 69.0. The van der Waals surface area contributed by atoms with E-state index in [1.165, 1.54) is 126 Å². The Labute approximate surface area is 558 Å². The van der Waals surface area contributed by atoms with Crippen LogP contribution >= 0.6 is 103 Å². The average Bonchev–Trinajstić information content (AvgIpc) is 1.75. The monoisotopic (exact) mass is 1480 g/mol. The van der Waals surface area contributed by atoms with Gasteiger partial charge in [0, 0.05) is 75.4 Å². The van der Waals surface area contributed by atoms with Crippen LogP contribution in [0.25, 0.3) is 29.3 Å². The fourth-order valence-corrected chi connectivity index (χ4v) is 18.5. The van der Waals surface area contributed by atoms with E-state index in [0.29, 0.717) is 15.0 Å². The molecule has 0 saturated carbocycles. The number of nitrogens with zero attached hydrogens (tertiary/aromatic N) is 9. The van der Waals surface area contributed by atoms with Crippen molar-refractivity contribution in [3.05, 3.63) is 156 Å². The van der Waals surface area contributed by atoms with Crippen molar-refractivity contribution >= 4 is 168 Å². The predicted molar refractivity (Wildman–Crippen MR) is 349 cm³/mol. The third-order valence-corrected chi connectivity index (χ3v) is 25.6. The maximum Gasteiger partial charge on any atom is 0.280 e. The van der Waals surface area contributed by atoms with Crippen LogP contribution in [0.3, 0.4) is 0 Å². The Morgan fingerprint density at radius 2 is 0.725 bits per heavy atom. The quantitative estimate of drug-likeness (QED) is 0.0662. The summed E-state index contributed by atoms with van der Waals surface area (Å²) in [6.07, 6.45) is 10.6. The number of hydrogen-bond acceptors (Lipinski definition) is 21. The molecule has 2 unspecified atom stereocenters. The average molecular weight is 1480 g/mol. The van der Waals surface area contributed by atoms with Gasteiger partial charge in [0.15, 0.2) is 0 Å². The van der Waals surface area contributed by atoms with Crippen LogP contribution in [0.1, 0.15) is 59.8 Å². The van der Waals surface area contributed by atoms with Crippen molar-refractivity contribution < 1.29 is 52.8 Å². The number of carbonyl (C=O) groups excluding carboxylic acids is 3. The SMILES string of the molecule is C.CN1C(C(=O)Nc2ccc(F)c(Cl)c2)CC(c2ncc(-c3cncs3)s2)NS1(=O)=O.CN1[C@@H](C(=O)Nc2ccc(F)c(Cl)c2)C[C@@H](c2ncc(-c3cncs3)s2)NS1(=O)=O.CN1[C@H](C(=O)Nc2ccc(F)c(Cl)c2)C[C@H](c2ncc(-c3cncs3)s2)NS1(=O)=O. The first-order chi connectivity index (χ1) is 42.7. The minimum absolute atomic E-state index is 0. The van der Waals surface area contributed by atoms with Gasteiger partial charge in [-0.05, 0) is 73.9 Å². The Morgan fingerprint density at radius 3 is 0.956 bits per heavy atom. The fraction of sp³-hybridized carbons (Fsp3) is 0.250. The summed E-state index contributed by atoms with van der Waals surface area (Å²) in [6, 6.07) is 6.30. The molecule has 0 radical (unpaired) electrons. The topological polar surface area (TPSA) is 313 Å². The van der Waals surface area contributed by atoms with Crippen LogP contribution in [0.15, 0.2) is 108 Å². The number of rotatable bonds is 12. The zero-order valence-electron chi connectivity index (χ0n) is 46.1. The van der Waals surface area contributed by atoms with Gasteiger partial charge in [0.2, 0.25) is 17.7 Å². The molecule has 9 aromatic rings. The first-order valence-corrected chi connectivity index (χ1v) is 36.3. The molecule has 3 saturated heterocycles. The molecule has 3 aromatic carbocycles. The first kappa shape index (κ1) is 69.5. The number of anilines is 3. The molecule has 91 heavy (non-hydrogen) atoms. The number of halogens is 6. The molecule has 0 aliphatic carbocycles. The van der Waals surface area contributed by atoms with Gasteiger partial charge in [-0.1, -0.05) is 42.2 Å². The molecule has 6 atom stereocenters. The van der Waals surface area contributed by atoms with Gasteiger partial charge in [0.1, 0.15) is 50.6 Å². The standard InChI is InChI=1S/3C17H15ClFN5O3S3.CH4/c3*1-24-13(16(25)22-9-2-3-11(19)10(18)4-9)5-12(23-30(24,26)27)17-21-7-15(29-17)14-6-20-8-28-14;/h3*2-4,6-8,12-13,23H,5H2,1H3,(H,22,25);1H4/t2*12-,13+;;/m10../s1. The van der Waals surface area contributed by atoms with Gasteiger partial charge in [-0.25, -0.2) is 28.1 Å². The van der Waals surface area contributed by atoms with Crippen LogP contribution in [0.5, 0.6) is 0 Å². The largest absolute Gasteiger partial charge is 0.325 e. The van der Waals surface area contributed by atoms with E-state index in [1.54, 1.807) is 53.7 Å². The van der Waals surface area contributed by atoms with Crippen molar-refractivity contribution in [1.82, 2.24) is 57.0 Å². The number of hydrogen-bond donors (Lipinski definition) is 6. The minimum Gasteiger partial charge on any atom is -0.325 e. The van der Waals surface area contributed by atoms with Crippen LogP contribution in [0.2, 0.25) is 15.1 Å². The molecule has 3 aliphatic rings. The lowest BCUT2D eigenvalue weighted by molar-refractivity contribution is -0.120. The van der Waals surface area contributed by atoms with E-state index in [9.17, 15) is 52.8 Å². The second-order valence-electron chi connectivity index (χ2n) is 19.5. The Kier molecular flexibility index (Phi) is 22.3. The Balaban J connectivity index is 0.000000161. The molecule has 39 heteroatoms. The number of amides is 3. The smallest absolute Gasteiger partial charge is 0.280 e. The van der Waals surface area contributed by atoms with Crippen LogP contribution in [-0.4, -0.2) is 125 Å². The number of aromatic nitrogens is 6. The highest BCUT2D eigenvalue weighted by atomic mass is 35.5. The minimum atomic E-state index is -3.91. The van der Waals surface area contributed by atoms with E-state index >= 15 is 0 Å². The lowest BCUT2D eigenvalue weighted by atomic mass is 10.1. The number of nitrogens with one attached hydrogen (secondary N) is 6. The molecule has 3 aliphatic heterocycles. The van der Waals surface area contributed by atoms with Gasteiger partial charge in [0.25, 0.3) is 30.6 Å². The molecule has 6 aromatic heterocycles. The summed E-state index contributed by atoms with van der Waals surface area (Å²) in [5.41, 5.74) is 5.93. The molecular weight excluding hydrogens is 1430 g/mol. The van der Waals surface area contributed by atoms with Crippen molar-refractivity contribution in [2.75, 3.05) is 37.1 Å². The van der Waals surface area contributed by atoms with Gasteiger partial charge in [0.05, 0.1) is 79.0 Å². The van der Waals surface area contributed by atoms with E-state index in [-0.39, 0.29) is 58.8 Å². The molecule has 3 amide bonds. The highest BCUT2D eigenvalue weighted by Gasteiger charge is 2.44. The van der Waals surface area contributed by atoms with Gasteiger partial charge in [-0.3, -0.25) is 29.3 Å². The summed E-state index contributed by atoms with van der Waals surface area (Å²) in [5, 5.41) is 9.03. The Morgan fingerprint density at radius 1 is 0.462 bits per heavy atom. The summed E-state index contributed by atoms with van der Waals surface area (Å²) in [7, 11) is -7.76. The number of carbonyl (C=O) groups is 3. The van der Waals surface area contributed by atoms with Gasteiger partial charge < -0.3 is 16.0 Å². The lowest BCUT2D eigenvalue weighted by Crippen LogP contribution is -2.55. The van der Waals surface area contributed by atoms with Crippen molar-refractivity contribution in [1.29, 1.82) is 0 Å². The van der Waals surface area contributed by atoms with E-state index in [0.717, 1.165) is 60.4 Å². The molecule has 0 bridgehead atoms. The zero-order valence-corrected chi connectivity index (χ0v) is 55.7. The molecule has 6 N–H and O–H groups in total. The zero-order chi connectivity index (χ0) is 64.4. The second kappa shape index (κ2) is 29.2. The number of likely N-dealkylation sites (N-methyl/N-ethyl adjacent to an activating group) is 3. The van der Waals surface area contributed by atoms with Crippen LogP contribution in [-0.2, 0) is 45.0 Å². The molecule has 12 rings (SSSR count). The molecule has 24 nitrogen and oxygen atoms in total. The summed E-state index contributed by atoms with van der Waals surface area (Å²) in [5.74, 6) is -3.48. The Bertz CT molecular complexity index is 4000. The van der Waals surface area contributed by atoms with Crippen LogP contribution in [0, 0.1) is 17.5 Å². The molecule has 3 fully saturated rings. The normalized spacial score (nSPS) is 21.2. The maximum absolute atomic E-state index is 13.3. The highest BCUT2D eigenvalue weighted by Crippen LogP contribution is 2.39. The highest BCUT2D eigenvalue weighted by molar-refractivity contribution is 7.87. The van der Waals surface area contributed by atoms with Crippen LogP contribution < -0.4 is 30.1 Å². The van der Waals surface area contributed by atoms with Gasteiger partial charge >= 0.3 is 0 Å². The third kappa shape index (κ3) is 16.4. The van der Waals surface area contributed by atoms with Gasteiger partial charge in [-0.15, -0.1) is 68.0 Å². The first-order valence-electron chi connectivity index (χ1n) is 25.8. The molecular formula is C52H49Cl3F3N15O9S9. The van der Waals surface area contributed by atoms with E-state index in [2.05, 4.69) is 60.0 Å². The maximum atomic E-state index is 13.3. The van der Waals surface area contributed by atoms with Gasteiger partial charge in [-0.2, -0.15) is 52.3 Å². The van der Waals surface area contributed by atoms with E-state index in [4.69, 9.17) is 34.8 Å². The van der Waals surface area contributed by atoms with Crippen molar-refractivity contribution in [3.63, 3.8) is 0 Å². The number of benzene rings is 3.